The summed E-state index contributed by atoms with van der Waals surface area (Å²) in [6.45, 7) is 24.2. The number of rotatable bonds is 8. The maximum absolute atomic E-state index is 13.4. The summed E-state index contributed by atoms with van der Waals surface area (Å²) in [6.07, 6.45) is 9.52. The van der Waals surface area contributed by atoms with E-state index in [2.05, 4.69) is 85.4 Å². The number of carboxylic acids is 1. The highest BCUT2D eigenvalue weighted by atomic mass is 16.5. The molecular weight excluding hydrogens is 590 g/mol. The van der Waals surface area contributed by atoms with Crippen LogP contribution in [-0.2, 0) is 14.3 Å². The Hall–Kier alpha value is -1.97. The van der Waals surface area contributed by atoms with Crippen molar-refractivity contribution in [3.63, 3.8) is 0 Å². The fraction of sp³-hybridized carbons (Fsp3) is 0.868. The molecule has 4 aliphatic carbocycles. The van der Waals surface area contributed by atoms with Crippen molar-refractivity contribution in [1.29, 1.82) is 0 Å². The van der Waals surface area contributed by atoms with E-state index in [9.17, 15) is 9.90 Å². The molecule has 6 rings (SSSR count). The fourth-order valence-corrected chi connectivity index (χ4v) is 12.1. The number of anilines is 1. The number of nitrogens with zero attached hydrogens (tertiary/aromatic N) is 3. The van der Waals surface area contributed by atoms with E-state index >= 15 is 0 Å². The molecule has 2 bridgehead atoms. The predicted molar refractivity (Wildman–Crippen MR) is 184 cm³/mol. The maximum atomic E-state index is 13.4. The molecule has 0 radical (unpaired) electrons. The lowest BCUT2D eigenvalue weighted by atomic mass is 9.34. The van der Waals surface area contributed by atoms with Crippen LogP contribution in [0.1, 0.15) is 114 Å². The van der Waals surface area contributed by atoms with Gasteiger partial charge >= 0.3 is 5.97 Å². The molecule has 5 N–H and O–H groups in total. The van der Waals surface area contributed by atoms with Crippen LogP contribution in [-0.4, -0.2) is 57.3 Å². The van der Waals surface area contributed by atoms with Gasteiger partial charge in [-0.3, -0.25) is 4.79 Å². The summed E-state index contributed by atoms with van der Waals surface area (Å²) in [4.78, 5) is 17.8. The monoisotopic (exact) mass is 653 g/mol. The number of hydrogen-bond acceptors (Lipinski definition) is 7. The van der Waals surface area contributed by atoms with E-state index < -0.39 is 17.4 Å². The first kappa shape index (κ1) is 34.9. The molecular formula is C38H63N5O4. The normalized spacial score (nSPS) is 45.0. The van der Waals surface area contributed by atoms with E-state index in [-0.39, 0.29) is 45.1 Å². The predicted octanol–water partition coefficient (Wildman–Crippen LogP) is 6.75. The number of carboxylic acid groups (broad SMARTS) is 1. The summed E-state index contributed by atoms with van der Waals surface area (Å²) in [5, 5.41) is 15.7. The number of nitrogen functional groups attached to an aromatic ring is 1. The second-order valence-corrected chi connectivity index (χ2v) is 18.6. The third-order valence-corrected chi connectivity index (χ3v) is 15.9. The highest BCUT2D eigenvalue weighted by molar-refractivity contribution is 5.73. The van der Waals surface area contributed by atoms with Crippen LogP contribution in [0, 0.1) is 62.6 Å². The second kappa shape index (κ2) is 11.3. The number of allylic oxidation sites excluding steroid dienone is 1. The van der Waals surface area contributed by atoms with Crippen molar-refractivity contribution < 1.29 is 19.4 Å². The number of fused-ring (bicyclic) bond motifs is 3. The van der Waals surface area contributed by atoms with Gasteiger partial charge in [-0.05, 0) is 91.3 Å². The van der Waals surface area contributed by atoms with Crippen LogP contribution in [0.3, 0.4) is 0 Å². The molecule has 0 aromatic carbocycles. The van der Waals surface area contributed by atoms with Crippen LogP contribution in [0.2, 0.25) is 0 Å². The summed E-state index contributed by atoms with van der Waals surface area (Å²) in [5.41, 5.74) is 13.0. The van der Waals surface area contributed by atoms with Crippen LogP contribution >= 0.6 is 0 Å². The Bertz CT molecular complexity index is 1410. The summed E-state index contributed by atoms with van der Waals surface area (Å²) >= 11 is 0. The van der Waals surface area contributed by atoms with Crippen LogP contribution in [0.15, 0.2) is 18.0 Å². The van der Waals surface area contributed by atoms with Crippen molar-refractivity contribution in [2.24, 2.45) is 68.3 Å². The summed E-state index contributed by atoms with van der Waals surface area (Å²) < 4.78 is 15.5. The van der Waals surface area contributed by atoms with E-state index in [1.807, 2.05) is 4.68 Å². The van der Waals surface area contributed by atoms with Crippen molar-refractivity contribution in [3.8, 4) is 0 Å². The zero-order valence-electron chi connectivity index (χ0n) is 30.8. The molecule has 1 aromatic rings. The molecule has 3 saturated carbocycles. The minimum Gasteiger partial charge on any atom is -0.481 e. The molecule has 0 amide bonds. The first-order valence-electron chi connectivity index (χ1n) is 18.4. The van der Waals surface area contributed by atoms with Gasteiger partial charge in [0.1, 0.15) is 6.33 Å². The van der Waals surface area contributed by atoms with Crippen molar-refractivity contribution >= 4 is 11.9 Å². The Morgan fingerprint density at radius 3 is 2.43 bits per heavy atom. The quantitative estimate of drug-likeness (QED) is 0.262. The smallest absolute Gasteiger partial charge is 0.307 e. The van der Waals surface area contributed by atoms with Gasteiger partial charge in [0.15, 0.2) is 0 Å². The fourth-order valence-electron chi connectivity index (χ4n) is 12.1. The van der Waals surface area contributed by atoms with Crippen LogP contribution in [0.4, 0.5) is 5.95 Å². The van der Waals surface area contributed by atoms with Gasteiger partial charge in [-0.15, -0.1) is 0 Å². The largest absolute Gasteiger partial charge is 0.481 e. The number of hydrogen-bond donors (Lipinski definition) is 3. The summed E-state index contributed by atoms with van der Waals surface area (Å²) in [7, 11) is 0. The molecule has 9 heteroatoms. The van der Waals surface area contributed by atoms with Gasteiger partial charge in [-0.25, -0.2) is 9.67 Å². The minimum atomic E-state index is -0.627. The lowest BCUT2D eigenvalue weighted by Gasteiger charge is -2.71. The SMILES string of the molecule is CC(C)[C@@H](C)[C@@]1(C)CC[C@]2(C)[C@H]3CC[C@@H]4C5(COC[C@]4(C)[C@@H](OC[C@](C)(N)C(C)C)[C@H](n4ncnc4N)C5)C3=CC[C@@]2(C)[C@@H]1C(=O)O. The van der Waals surface area contributed by atoms with Gasteiger partial charge in [0.25, 0.3) is 0 Å². The van der Waals surface area contributed by atoms with Crippen LogP contribution in [0.5, 0.6) is 0 Å². The highest BCUT2D eigenvalue weighted by Gasteiger charge is 2.72. The standard InChI is InChI=1S/C38H63N5O4/c1-22(2)24(5)33(6)15-16-35(8)25-11-12-28-34(7)18-46-20-38(28,26(25)13-14-36(35,9)29(33)31(44)45)17-27(43-32(39)41-21-42-43)30(34)47-19-37(10,40)23(3)4/h13,21-25,27-30H,11-12,14-20,40H2,1-10H3,(H,44,45)(H2,39,41,42)/t24-,25+,27-,28+,29-,30+,33-,34+,35-,36+,37+,38?/m1/s1. The molecule has 2 heterocycles. The Kier molecular flexibility index (Phi) is 8.37. The van der Waals surface area contributed by atoms with Gasteiger partial charge in [0.2, 0.25) is 5.95 Å². The van der Waals surface area contributed by atoms with E-state index in [4.69, 9.17) is 20.9 Å². The van der Waals surface area contributed by atoms with Crippen LogP contribution in [0.25, 0.3) is 0 Å². The molecule has 0 spiro atoms. The Labute approximate surface area is 283 Å². The molecule has 1 aromatic heterocycles. The highest BCUT2D eigenvalue weighted by Crippen LogP contribution is 2.75. The van der Waals surface area contributed by atoms with Gasteiger partial charge in [-0.1, -0.05) is 74.0 Å². The first-order valence-corrected chi connectivity index (χ1v) is 18.4. The molecule has 1 aliphatic heterocycles. The molecule has 1 saturated heterocycles. The number of carbonyl (C=O) groups is 1. The summed E-state index contributed by atoms with van der Waals surface area (Å²) in [6, 6.07) is -0.125. The molecule has 5 aliphatic rings. The second-order valence-electron chi connectivity index (χ2n) is 18.6. The first-order chi connectivity index (χ1) is 21.8. The van der Waals surface area contributed by atoms with Gasteiger partial charge in [0.05, 0.1) is 37.9 Å². The lowest BCUT2D eigenvalue weighted by Crippen LogP contribution is -2.69. The van der Waals surface area contributed by atoms with E-state index in [0.29, 0.717) is 49.4 Å². The zero-order valence-corrected chi connectivity index (χ0v) is 30.8. The molecule has 9 nitrogen and oxygen atoms in total. The van der Waals surface area contributed by atoms with Gasteiger partial charge < -0.3 is 26.0 Å². The average molecular weight is 654 g/mol. The summed E-state index contributed by atoms with van der Waals surface area (Å²) in [5.74, 6) is 1.01. The van der Waals surface area contributed by atoms with Gasteiger partial charge in [0, 0.05) is 16.4 Å². The lowest BCUT2D eigenvalue weighted by molar-refractivity contribution is -0.252. The van der Waals surface area contributed by atoms with Crippen LogP contribution < -0.4 is 11.5 Å². The van der Waals surface area contributed by atoms with E-state index in [1.54, 1.807) is 6.33 Å². The molecule has 12 atom stereocenters. The van der Waals surface area contributed by atoms with E-state index in [0.717, 1.165) is 38.5 Å². The number of ether oxygens (including phenoxy) is 2. The third kappa shape index (κ3) is 4.75. The topological polar surface area (TPSA) is 139 Å². The van der Waals surface area contributed by atoms with E-state index in [1.165, 1.54) is 5.57 Å². The maximum Gasteiger partial charge on any atom is 0.307 e. The molecule has 47 heavy (non-hydrogen) atoms. The zero-order chi connectivity index (χ0) is 34.5. The molecule has 1 unspecified atom stereocenters. The molecule has 4 fully saturated rings. The van der Waals surface area contributed by atoms with Crippen molar-refractivity contribution in [2.75, 3.05) is 25.6 Å². The Morgan fingerprint density at radius 2 is 1.83 bits per heavy atom. The number of nitrogens with two attached hydrogens (primary N) is 2. The third-order valence-electron chi connectivity index (χ3n) is 15.9. The average Bonchev–Trinajstić information content (AvgIpc) is 3.41. The number of aliphatic carboxylic acids is 1. The van der Waals surface area contributed by atoms with Crippen molar-refractivity contribution in [2.45, 2.75) is 125 Å². The molecule has 264 valence electrons. The van der Waals surface area contributed by atoms with Gasteiger partial charge in [-0.2, -0.15) is 5.10 Å². The number of aromatic nitrogens is 3. The minimum absolute atomic E-state index is 0.125. The Balaban J connectivity index is 1.45. The van der Waals surface area contributed by atoms with Crippen molar-refractivity contribution in [1.82, 2.24) is 14.8 Å². The Morgan fingerprint density at radius 1 is 1.13 bits per heavy atom. The van der Waals surface area contributed by atoms with Crippen molar-refractivity contribution in [3.05, 3.63) is 18.0 Å².